The molecular formula is C24H29N3O5. The first-order valence-electron chi connectivity index (χ1n) is 10.9. The summed E-state index contributed by atoms with van der Waals surface area (Å²) >= 11 is 0. The van der Waals surface area contributed by atoms with E-state index in [-0.39, 0.29) is 35.8 Å². The summed E-state index contributed by atoms with van der Waals surface area (Å²) in [6.45, 7) is 3.43. The van der Waals surface area contributed by atoms with Crippen molar-refractivity contribution < 1.29 is 19.1 Å². The molecule has 0 saturated carbocycles. The SMILES string of the molecule is COc1ccc(N2CC(C(=O)N3CCC(Oc4cc(C)n(C)c(=O)c4)CC3)CC2=O)cc1. The Balaban J connectivity index is 1.32. The van der Waals surface area contributed by atoms with Crippen LogP contribution < -0.4 is 19.9 Å². The number of likely N-dealkylation sites (tertiary alicyclic amines) is 1. The molecule has 1 unspecified atom stereocenters. The fourth-order valence-corrected chi connectivity index (χ4v) is 4.33. The zero-order chi connectivity index (χ0) is 22.8. The van der Waals surface area contributed by atoms with Gasteiger partial charge in [-0.05, 0) is 37.3 Å². The van der Waals surface area contributed by atoms with E-state index in [1.807, 2.05) is 42.2 Å². The molecule has 2 amide bonds. The van der Waals surface area contributed by atoms with Crippen molar-refractivity contribution in [2.24, 2.45) is 13.0 Å². The van der Waals surface area contributed by atoms with E-state index < -0.39 is 0 Å². The number of carbonyl (C=O) groups excluding carboxylic acids is 2. The van der Waals surface area contributed by atoms with E-state index in [4.69, 9.17) is 9.47 Å². The number of anilines is 1. The van der Waals surface area contributed by atoms with Crippen molar-refractivity contribution in [1.29, 1.82) is 0 Å². The highest BCUT2D eigenvalue weighted by Gasteiger charge is 2.38. The lowest BCUT2D eigenvalue weighted by Gasteiger charge is -2.33. The summed E-state index contributed by atoms with van der Waals surface area (Å²) in [6, 6.07) is 10.7. The van der Waals surface area contributed by atoms with Gasteiger partial charge in [-0.2, -0.15) is 0 Å². The van der Waals surface area contributed by atoms with Crippen LogP contribution in [0.2, 0.25) is 0 Å². The topological polar surface area (TPSA) is 81.1 Å². The van der Waals surface area contributed by atoms with Gasteiger partial charge in [0.2, 0.25) is 11.8 Å². The molecule has 2 aromatic rings. The maximum atomic E-state index is 13.1. The number of ether oxygens (including phenoxy) is 2. The van der Waals surface area contributed by atoms with Crippen LogP contribution in [0, 0.1) is 12.8 Å². The van der Waals surface area contributed by atoms with Gasteiger partial charge in [-0.15, -0.1) is 0 Å². The normalized spacial score (nSPS) is 19.3. The van der Waals surface area contributed by atoms with Crippen molar-refractivity contribution in [1.82, 2.24) is 9.47 Å². The monoisotopic (exact) mass is 439 g/mol. The number of carbonyl (C=O) groups is 2. The average molecular weight is 440 g/mol. The lowest BCUT2D eigenvalue weighted by Crippen LogP contribution is -2.45. The quantitative estimate of drug-likeness (QED) is 0.713. The van der Waals surface area contributed by atoms with Crippen LogP contribution in [0.5, 0.6) is 11.5 Å². The van der Waals surface area contributed by atoms with Crippen LogP contribution in [0.3, 0.4) is 0 Å². The number of aromatic nitrogens is 1. The molecule has 8 nitrogen and oxygen atoms in total. The minimum absolute atomic E-state index is 0.0252. The fourth-order valence-electron chi connectivity index (χ4n) is 4.33. The second-order valence-corrected chi connectivity index (χ2v) is 8.48. The van der Waals surface area contributed by atoms with E-state index in [1.54, 1.807) is 23.6 Å². The van der Waals surface area contributed by atoms with Gasteiger partial charge in [-0.1, -0.05) is 0 Å². The van der Waals surface area contributed by atoms with Gasteiger partial charge in [0.05, 0.1) is 13.0 Å². The minimum atomic E-state index is -0.332. The lowest BCUT2D eigenvalue weighted by molar-refractivity contribution is -0.137. The van der Waals surface area contributed by atoms with Crippen LogP contribution in [0.1, 0.15) is 25.0 Å². The Morgan fingerprint density at radius 2 is 1.72 bits per heavy atom. The Labute approximate surface area is 187 Å². The molecule has 4 rings (SSSR count). The number of hydrogen-bond donors (Lipinski definition) is 0. The summed E-state index contributed by atoms with van der Waals surface area (Å²) in [7, 11) is 3.33. The summed E-state index contributed by atoms with van der Waals surface area (Å²) in [4.78, 5) is 41.1. The molecule has 32 heavy (non-hydrogen) atoms. The summed E-state index contributed by atoms with van der Waals surface area (Å²) in [5.41, 5.74) is 1.52. The van der Waals surface area contributed by atoms with Crippen molar-refractivity contribution in [3.05, 3.63) is 52.4 Å². The number of pyridine rings is 1. The second-order valence-electron chi connectivity index (χ2n) is 8.48. The minimum Gasteiger partial charge on any atom is -0.497 e. The highest BCUT2D eigenvalue weighted by molar-refractivity contribution is 6.00. The van der Waals surface area contributed by atoms with Crippen molar-refractivity contribution >= 4 is 17.5 Å². The fraction of sp³-hybridized carbons (Fsp3) is 0.458. The van der Waals surface area contributed by atoms with E-state index in [2.05, 4.69) is 0 Å². The predicted octanol–water partition coefficient (Wildman–Crippen LogP) is 2.13. The number of nitrogens with zero attached hydrogens (tertiary/aromatic N) is 3. The first-order valence-corrected chi connectivity index (χ1v) is 10.9. The van der Waals surface area contributed by atoms with E-state index >= 15 is 0 Å². The van der Waals surface area contributed by atoms with Gasteiger partial charge in [0.25, 0.3) is 5.56 Å². The largest absolute Gasteiger partial charge is 0.497 e. The average Bonchev–Trinajstić information content (AvgIpc) is 3.19. The molecule has 0 aliphatic carbocycles. The van der Waals surface area contributed by atoms with Gasteiger partial charge in [0, 0.05) is 63.4 Å². The van der Waals surface area contributed by atoms with E-state index in [9.17, 15) is 14.4 Å². The highest BCUT2D eigenvalue weighted by atomic mass is 16.5. The number of methoxy groups -OCH3 is 1. The number of piperidine rings is 1. The molecule has 1 aromatic carbocycles. The number of aryl methyl sites for hydroxylation is 1. The molecule has 0 N–H and O–H groups in total. The van der Waals surface area contributed by atoms with Crippen molar-refractivity contribution in [3.63, 3.8) is 0 Å². The molecule has 2 aliphatic heterocycles. The Morgan fingerprint density at radius 3 is 2.34 bits per heavy atom. The van der Waals surface area contributed by atoms with Crippen LogP contribution in [0.25, 0.3) is 0 Å². The number of rotatable bonds is 5. The van der Waals surface area contributed by atoms with Crippen LogP contribution >= 0.6 is 0 Å². The second kappa shape index (κ2) is 9.06. The number of benzene rings is 1. The molecule has 1 atom stereocenters. The molecular weight excluding hydrogens is 410 g/mol. The standard InChI is InChI=1S/C24H29N3O5/c1-16-12-21(14-22(28)25(16)2)32-20-8-10-26(11-9-20)24(30)17-13-23(29)27(15-17)18-4-6-19(31-3)7-5-18/h4-7,12,14,17,20H,8-11,13,15H2,1-3H3. The van der Waals surface area contributed by atoms with Gasteiger partial charge in [0.15, 0.2) is 0 Å². The van der Waals surface area contributed by atoms with E-state index in [0.29, 0.717) is 38.2 Å². The van der Waals surface area contributed by atoms with Gasteiger partial charge < -0.3 is 23.8 Å². The van der Waals surface area contributed by atoms with Gasteiger partial charge in [-0.3, -0.25) is 14.4 Å². The van der Waals surface area contributed by atoms with Gasteiger partial charge in [0.1, 0.15) is 17.6 Å². The molecule has 0 spiro atoms. The first kappa shape index (κ1) is 21.9. The van der Waals surface area contributed by atoms with Crippen LogP contribution in [-0.4, -0.2) is 54.1 Å². The third-order valence-electron chi connectivity index (χ3n) is 6.39. The molecule has 1 aromatic heterocycles. The molecule has 2 aliphatic rings. The van der Waals surface area contributed by atoms with Crippen molar-refractivity contribution in [2.75, 3.05) is 31.6 Å². The van der Waals surface area contributed by atoms with Gasteiger partial charge >= 0.3 is 0 Å². The molecule has 170 valence electrons. The Bertz CT molecular complexity index is 1050. The zero-order valence-corrected chi connectivity index (χ0v) is 18.7. The Hall–Kier alpha value is -3.29. The molecule has 2 saturated heterocycles. The maximum absolute atomic E-state index is 13.1. The van der Waals surface area contributed by atoms with E-state index in [0.717, 1.165) is 17.1 Å². The Kier molecular flexibility index (Phi) is 6.21. The summed E-state index contributed by atoms with van der Waals surface area (Å²) < 4.78 is 12.8. The van der Waals surface area contributed by atoms with Crippen molar-refractivity contribution in [2.45, 2.75) is 32.3 Å². The third kappa shape index (κ3) is 4.49. The smallest absolute Gasteiger partial charge is 0.254 e. The van der Waals surface area contributed by atoms with Crippen molar-refractivity contribution in [3.8, 4) is 11.5 Å². The molecule has 8 heteroatoms. The molecule has 0 bridgehead atoms. The molecule has 3 heterocycles. The summed E-state index contributed by atoms with van der Waals surface area (Å²) in [5, 5.41) is 0. The van der Waals surface area contributed by atoms with E-state index in [1.165, 1.54) is 6.07 Å². The van der Waals surface area contributed by atoms with Crippen LogP contribution in [0.4, 0.5) is 5.69 Å². The molecule has 2 fully saturated rings. The summed E-state index contributed by atoms with van der Waals surface area (Å²) in [6.07, 6.45) is 1.59. The molecule has 0 radical (unpaired) electrons. The number of hydrogen-bond acceptors (Lipinski definition) is 5. The maximum Gasteiger partial charge on any atom is 0.254 e. The highest BCUT2D eigenvalue weighted by Crippen LogP contribution is 2.29. The Morgan fingerprint density at radius 1 is 1.03 bits per heavy atom. The van der Waals surface area contributed by atoms with Crippen LogP contribution in [-0.2, 0) is 16.6 Å². The first-order chi connectivity index (χ1) is 15.4. The van der Waals surface area contributed by atoms with Gasteiger partial charge in [-0.25, -0.2) is 0 Å². The predicted molar refractivity (Wildman–Crippen MR) is 120 cm³/mol. The van der Waals surface area contributed by atoms with Crippen LogP contribution in [0.15, 0.2) is 41.2 Å². The third-order valence-corrected chi connectivity index (χ3v) is 6.39. The zero-order valence-electron chi connectivity index (χ0n) is 18.7. The lowest BCUT2D eigenvalue weighted by atomic mass is 10.0. The summed E-state index contributed by atoms with van der Waals surface area (Å²) in [5.74, 6) is 0.961. The number of amides is 2.